The first-order valence-corrected chi connectivity index (χ1v) is 11.1. The molecule has 8 atom stereocenters. The molecule has 0 bridgehead atoms. The van der Waals surface area contributed by atoms with Gasteiger partial charge in [0.15, 0.2) is 0 Å². The van der Waals surface area contributed by atoms with Crippen molar-refractivity contribution in [1.29, 1.82) is 0 Å². The molecule has 0 aromatic carbocycles. The number of aliphatic hydroxyl groups is 1. The highest BCUT2D eigenvalue weighted by Gasteiger charge is 2.59. The number of rotatable bonds is 1. The first-order chi connectivity index (χ1) is 11.7. The van der Waals surface area contributed by atoms with Crippen LogP contribution in [0, 0.1) is 40.4 Å². The number of allylic oxidation sites excluding steroid dienone is 1. The maximum Gasteiger partial charge on any atom is 0.0620 e. The van der Waals surface area contributed by atoms with Crippen LogP contribution >= 0.6 is 0 Å². The molecule has 142 valence electrons. The van der Waals surface area contributed by atoms with Crippen LogP contribution in [0.25, 0.3) is 0 Å². The van der Waals surface area contributed by atoms with Gasteiger partial charge in [0.25, 0.3) is 0 Å². The van der Waals surface area contributed by atoms with Crippen molar-refractivity contribution in [3.8, 4) is 0 Å². The number of hydrogen-bond donors (Lipinski definition) is 1. The van der Waals surface area contributed by atoms with Crippen LogP contribution in [-0.4, -0.2) is 10.7 Å². The van der Waals surface area contributed by atoms with Crippen molar-refractivity contribution in [2.24, 2.45) is 40.4 Å². The van der Waals surface area contributed by atoms with Crippen LogP contribution in [0.1, 0.15) is 91.9 Å². The molecule has 25 heavy (non-hydrogen) atoms. The quantitative estimate of drug-likeness (QED) is 0.548. The largest absolute Gasteiger partial charge is 0.390 e. The Kier molecular flexibility index (Phi) is 4.23. The van der Waals surface area contributed by atoms with E-state index in [1.54, 1.807) is 0 Å². The molecule has 4 aliphatic rings. The molecule has 0 radical (unpaired) electrons. The van der Waals surface area contributed by atoms with Gasteiger partial charge in [0.05, 0.1) is 5.60 Å². The lowest BCUT2D eigenvalue weighted by Gasteiger charge is -2.59. The van der Waals surface area contributed by atoms with Crippen LogP contribution in [0.15, 0.2) is 12.2 Å². The molecule has 4 saturated carbocycles. The van der Waals surface area contributed by atoms with E-state index in [1.807, 2.05) is 0 Å². The number of hydrogen-bond acceptors (Lipinski definition) is 1. The Bertz CT molecular complexity index is 548. The highest BCUT2D eigenvalue weighted by atomic mass is 16.3. The Morgan fingerprint density at radius 3 is 2.24 bits per heavy atom. The average Bonchev–Trinajstić information content (AvgIpc) is 2.84. The summed E-state index contributed by atoms with van der Waals surface area (Å²) in [7, 11) is 0. The molecule has 4 rings (SSSR count). The molecule has 0 saturated heterocycles. The zero-order valence-electron chi connectivity index (χ0n) is 17.1. The van der Waals surface area contributed by atoms with E-state index >= 15 is 0 Å². The van der Waals surface area contributed by atoms with Gasteiger partial charge < -0.3 is 5.11 Å². The summed E-state index contributed by atoms with van der Waals surface area (Å²) in [5, 5.41) is 10.7. The van der Waals surface area contributed by atoms with Crippen molar-refractivity contribution in [2.45, 2.75) is 97.5 Å². The molecular formula is C24H40O. The summed E-state index contributed by atoms with van der Waals surface area (Å²) in [6.07, 6.45) is 13.1. The van der Waals surface area contributed by atoms with Gasteiger partial charge in [-0.05, 0) is 118 Å². The van der Waals surface area contributed by atoms with Crippen LogP contribution in [0.5, 0.6) is 0 Å². The minimum atomic E-state index is -0.419. The van der Waals surface area contributed by atoms with Gasteiger partial charge in [0.2, 0.25) is 0 Å². The van der Waals surface area contributed by atoms with Crippen molar-refractivity contribution in [2.75, 3.05) is 0 Å². The fourth-order valence-corrected chi connectivity index (χ4v) is 8.36. The van der Waals surface area contributed by atoms with E-state index in [4.69, 9.17) is 0 Å². The molecule has 1 nitrogen and oxygen atoms in total. The minimum Gasteiger partial charge on any atom is -0.390 e. The van der Waals surface area contributed by atoms with Gasteiger partial charge in [-0.3, -0.25) is 0 Å². The van der Waals surface area contributed by atoms with E-state index in [0.29, 0.717) is 10.8 Å². The van der Waals surface area contributed by atoms with Gasteiger partial charge in [0, 0.05) is 0 Å². The van der Waals surface area contributed by atoms with E-state index in [2.05, 4.69) is 34.3 Å². The molecule has 3 unspecified atom stereocenters. The van der Waals surface area contributed by atoms with Crippen molar-refractivity contribution in [3.63, 3.8) is 0 Å². The Labute approximate surface area is 155 Å². The predicted molar refractivity (Wildman–Crippen MR) is 105 cm³/mol. The second-order valence-electron chi connectivity index (χ2n) is 11.2. The van der Waals surface area contributed by atoms with E-state index in [9.17, 15) is 5.11 Å². The topological polar surface area (TPSA) is 20.2 Å². The maximum absolute atomic E-state index is 10.7. The first-order valence-electron chi connectivity index (χ1n) is 11.1. The van der Waals surface area contributed by atoms with Crippen LogP contribution in [0.4, 0.5) is 0 Å². The fourth-order valence-electron chi connectivity index (χ4n) is 8.36. The molecule has 0 amide bonds. The van der Waals surface area contributed by atoms with E-state index in [1.165, 1.54) is 56.9 Å². The fraction of sp³-hybridized carbons (Fsp3) is 0.917. The predicted octanol–water partition coefficient (Wildman–Crippen LogP) is 6.36. The second kappa shape index (κ2) is 5.85. The summed E-state index contributed by atoms with van der Waals surface area (Å²) in [6.45, 7) is 13.9. The van der Waals surface area contributed by atoms with E-state index in [0.717, 1.165) is 42.4 Å². The highest BCUT2D eigenvalue weighted by molar-refractivity contribution is 5.15. The Balaban J connectivity index is 1.62. The third-order valence-electron chi connectivity index (χ3n) is 9.89. The van der Waals surface area contributed by atoms with Crippen molar-refractivity contribution in [3.05, 3.63) is 12.2 Å². The maximum atomic E-state index is 10.7. The van der Waals surface area contributed by atoms with Gasteiger partial charge in [-0.1, -0.05) is 26.0 Å². The third kappa shape index (κ3) is 2.67. The molecule has 0 aromatic rings. The van der Waals surface area contributed by atoms with Crippen molar-refractivity contribution < 1.29 is 5.11 Å². The molecule has 1 N–H and O–H groups in total. The first kappa shape index (κ1) is 18.1. The lowest BCUT2D eigenvalue weighted by Crippen LogP contribution is -2.51. The summed E-state index contributed by atoms with van der Waals surface area (Å²) in [5.74, 6) is 4.38. The molecule has 4 fully saturated rings. The summed E-state index contributed by atoms with van der Waals surface area (Å²) < 4.78 is 0. The zero-order valence-corrected chi connectivity index (χ0v) is 17.1. The molecule has 1 heteroatoms. The molecule has 0 aliphatic heterocycles. The van der Waals surface area contributed by atoms with Gasteiger partial charge >= 0.3 is 0 Å². The van der Waals surface area contributed by atoms with Gasteiger partial charge in [-0.25, -0.2) is 0 Å². The Hall–Kier alpha value is -0.300. The van der Waals surface area contributed by atoms with Crippen LogP contribution in [0.2, 0.25) is 0 Å². The lowest BCUT2D eigenvalue weighted by molar-refractivity contribution is -0.0962. The lowest BCUT2D eigenvalue weighted by atomic mass is 9.46. The standard InChI is InChI=1S/C24H40O/c1-16(2)19-8-9-20-18-7-6-17-10-12-22(3,25)14-15-23(17,4)21(18)11-13-24(19,20)5/h17-21,25H,1,6-15H2,2-5H3/t17?,18-,19+,20?,21?,22+,23-,24+/m0/s1. The minimum absolute atomic E-state index is 0.419. The number of fused-ring (bicyclic) bond motifs is 5. The third-order valence-corrected chi connectivity index (χ3v) is 9.89. The SMILES string of the molecule is C=C(C)[C@H]1CCC2[C@@H]3CCC4CC[C@@](C)(O)CC[C@]4(C)C3CC[C@@]21C. The van der Waals surface area contributed by atoms with Gasteiger partial charge in [0.1, 0.15) is 0 Å². The smallest absolute Gasteiger partial charge is 0.0620 e. The Morgan fingerprint density at radius 1 is 0.800 bits per heavy atom. The van der Waals surface area contributed by atoms with Gasteiger partial charge in [-0.15, -0.1) is 0 Å². The summed E-state index contributed by atoms with van der Waals surface area (Å²) >= 11 is 0. The summed E-state index contributed by atoms with van der Waals surface area (Å²) in [6, 6.07) is 0. The molecular weight excluding hydrogens is 304 g/mol. The zero-order chi connectivity index (χ0) is 18.0. The molecule has 0 heterocycles. The Morgan fingerprint density at radius 2 is 1.52 bits per heavy atom. The average molecular weight is 345 g/mol. The van der Waals surface area contributed by atoms with Crippen molar-refractivity contribution in [1.82, 2.24) is 0 Å². The van der Waals surface area contributed by atoms with Crippen LogP contribution < -0.4 is 0 Å². The summed E-state index contributed by atoms with van der Waals surface area (Å²) in [5.41, 5.74) is 2.02. The van der Waals surface area contributed by atoms with E-state index in [-0.39, 0.29) is 0 Å². The molecule has 0 aromatic heterocycles. The monoisotopic (exact) mass is 344 g/mol. The van der Waals surface area contributed by atoms with Crippen LogP contribution in [-0.2, 0) is 0 Å². The van der Waals surface area contributed by atoms with Crippen molar-refractivity contribution >= 4 is 0 Å². The molecule has 4 aliphatic carbocycles. The van der Waals surface area contributed by atoms with Crippen LogP contribution in [0.3, 0.4) is 0 Å². The highest BCUT2D eigenvalue weighted by Crippen LogP contribution is 2.68. The second-order valence-corrected chi connectivity index (χ2v) is 11.2. The summed E-state index contributed by atoms with van der Waals surface area (Å²) in [4.78, 5) is 0. The van der Waals surface area contributed by atoms with Gasteiger partial charge in [-0.2, -0.15) is 0 Å². The molecule has 0 spiro atoms. The normalized spacial score (nSPS) is 55.6. The van der Waals surface area contributed by atoms with E-state index < -0.39 is 5.60 Å².